The molecule has 5 rings (SSSR count). The maximum absolute atomic E-state index is 13.0. The van der Waals surface area contributed by atoms with Crippen molar-refractivity contribution in [3.63, 3.8) is 0 Å². The standard InChI is InChI=1S/C27H23NO3/c1-3-28-16-20(21-11-7-8-12-23(21)28)15-25-26(29)22-13-14-24(18(2)27(22)31-25)30-17-19-9-5-4-6-10-19/h4-16H,3,17H2,1-2H3. The summed E-state index contributed by atoms with van der Waals surface area (Å²) in [6.45, 7) is 5.36. The number of para-hydroxylation sites is 1. The third-order valence-electron chi connectivity index (χ3n) is 5.72. The van der Waals surface area contributed by atoms with E-state index in [1.807, 2.05) is 61.5 Å². The van der Waals surface area contributed by atoms with Crippen LogP contribution in [0.4, 0.5) is 0 Å². The van der Waals surface area contributed by atoms with Crippen molar-refractivity contribution in [2.24, 2.45) is 0 Å². The molecule has 1 aromatic heterocycles. The fraction of sp³-hybridized carbons (Fsp3) is 0.148. The highest BCUT2D eigenvalue weighted by Crippen LogP contribution is 2.40. The van der Waals surface area contributed by atoms with E-state index >= 15 is 0 Å². The van der Waals surface area contributed by atoms with Crippen LogP contribution in [0.1, 0.15) is 34.0 Å². The molecule has 0 unspecified atom stereocenters. The predicted octanol–water partition coefficient (Wildman–Crippen LogP) is 6.16. The van der Waals surface area contributed by atoms with E-state index in [0.717, 1.165) is 39.9 Å². The molecular formula is C27H23NO3. The molecule has 154 valence electrons. The van der Waals surface area contributed by atoms with Crippen LogP contribution in [0.15, 0.2) is 78.7 Å². The number of ether oxygens (including phenoxy) is 2. The molecule has 2 heterocycles. The predicted molar refractivity (Wildman–Crippen MR) is 123 cm³/mol. The van der Waals surface area contributed by atoms with Gasteiger partial charge in [-0.2, -0.15) is 0 Å². The van der Waals surface area contributed by atoms with Crippen LogP contribution in [0, 0.1) is 6.92 Å². The summed E-state index contributed by atoms with van der Waals surface area (Å²) in [7, 11) is 0. The van der Waals surface area contributed by atoms with Crippen LogP contribution >= 0.6 is 0 Å². The molecule has 1 aliphatic rings. The molecule has 4 nitrogen and oxygen atoms in total. The molecule has 0 N–H and O–H groups in total. The Balaban J connectivity index is 1.45. The van der Waals surface area contributed by atoms with Crippen LogP contribution in [0.25, 0.3) is 17.0 Å². The summed E-state index contributed by atoms with van der Waals surface area (Å²) in [6, 6.07) is 21.9. The minimum absolute atomic E-state index is 0.0963. The third-order valence-corrected chi connectivity index (χ3v) is 5.72. The Morgan fingerprint density at radius 3 is 2.58 bits per heavy atom. The molecule has 31 heavy (non-hydrogen) atoms. The van der Waals surface area contributed by atoms with Crippen molar-refractivity contribution >= 4 is 22.8 Å². The Bertz CT molecular complexity index is 1320. The lowest BCUT2D eigenvalue weighted by Crippen LogP contribution is -1.98. The molecule has 1 aliphatic heterocycles. The highest BCUT2D eigenvalue weighted by Gasteiger charge is 2.30. The van der Waals surface area contributed by atoms with Crippen LogP contribution in [0.2, 0.25) is 0 Å². The largest absolute Gasteiger partial charge is 0.488 e. The monoisotopic (exact) mass is 409 g/mol. The fourth-order valence-electron chi connectivity index (χ4n) is 4.05. The van der Waals surface area contributed by atoms with E-state index in [2.05, 4.69) is 29.8 Å². The Kier molecular flexibility index (Phi) is 4.83. The minimum Gasteiger partial charge on any atom is -0.488 e. The first kappa shape index (κ1) is 19.2. The molecule has 0 radical (unpaired) electrons. The summed E-state index contributed by atoms with van der Waals surface area (Å²) < 4.78 is 14.2. The Hall–Kier alpha value is -3.79. The Labute approximate surface area is 181 Å². The van der Waals surface area contributed by atoms with Crippen molar-refractivity contribution in [3.05, 3.63) is 101 Å². The third kappa shape index (κ3) is 3.40. The first-order valence-corrected chi connectivity index (χ1v) is 10.5. The van der Waals surface area contributed by atoms with Gasteiger partial charge in [0.05, 0.1) is 5.56 Å². The van der Waals surface area contributed by atoms with Gasteiger partial charge in [-0.3, -0.25) is 4.79 Å². The number of Topliss-reactive ketones (excluding diaryl/α,β-unsaturated/α-hetero) is 1. The van der Waals surface area contributed by atoms with Gasteiger partial charge in [0.25, 0.3) is 0 Å². The molecule has 0 amide bonds. The van der Waals surface area contributed by atoms with Crippen LogP contribution < -0.4 is 9.47 Å². The van der Waals surface area contributed by atoms with E-state index in [9.17, 15) is 4.79 Å². The van der Waals surface area contributed by atoms with Gasteiger partial charge in [-0.15, -0.1) is 0 Å². The summed E-state index contributed by atoms with van der Waals surface area (Å²) in [6.07, 6.45) is 3.92. The zero-order chi connectivity index (χ0) is 21.4. The first-order chi connectivity index (χ1) is 15.2. The molecule has 3 aromatic carbocycles. The molecule has 4 heteroatoms. The molecule has 0 saturated carbocycles. The zero-order valence-electron chi connectivity index (χ0n) is 17.6. The van der Waals surface area contributed by atoms with E-state index < -0.39 is 0 Å². The highest BCUT2D eigenvalue weighted by atomic mass is 16.5. The quantitative estimate of drug-likeness (QED) is 0.370. The van der Waals surface area contributed by atoms with Crippen molar-refractivity contribution in [1.82, 2.24) is 4.57 Å². The van der Waals surface area contributed by atoms with Gasteiger partial charge in [-0.1, -0.05) is 48.5 Å². The zero-order valence-corrected chi connectivity index (χ0v) is 17.6. The van der Waals surface area contributed by atoms with Gasteiger partial charge in [-0.25, -0.2) is 0 Å². The molecule has 0 bridgehead atoms. The lowest BCUT2D eigenvalue weighted by Gasteiger charge is -2.11. The molecule has 0 aliphatic carbocycles. The SMILES string of the molecule is CCn1cc(C=C2Oc3c(ccc(OCc4ccccc4)c3C)C2=O)c2ccccc21. The lowest BCUT2D eigenvalue weighted by molar-refractivity contribution is 0.101. The minimum atomic E-state index is -0.0963. The average Bonchev–Trinajstić information content (AvgIpc) is 3.32. The van der Waals surface area contributed by atoms with Gasteiger partial charge in [0, 0.05) is 34.8 Å². The number of benzene rings is 3. The van der Waals surface area contributed by atoms with Gasteiger partial charge in [0.1, 0.15) is 18.1 Å². The molecule has 4 aromatic rings. The van der Waals surface area contributed by atoms with Gasteiger partial charge in [0.15, 0.2) is 5.76 Å². The van der Waals surface area contributed by atoms with E-state index in [4.69, 9.17) is 9.47 Å². The normalized spacial score (nSPS) is 14.1. The van der Waals surface area contributed by atoms with Crippen molar-refractivity contribution in [1.29, 1.82) is 0 Å². The Morgan fingerprint density at radius 2 is 1.77 bits per heavy atom. The summed E-state index contributed by atoms with van der Waals surface area (Å²) in [4.78, 5) is 13.0. The van der Waals surface area contributed by atoms with Crippen LogP contribution in [-0.4, -0.2) is 10.4 Å². The Morgan fingerprint density at radius 1 is 1.00 bits per heavy atom. The van der Waals surface area contributed by atoms with E-state index in [1.54, 1.807) is 6.07 Å². The van der Waals surface area contributed by atoms with Gasteiger partial charge >= 0.3 is 0 Å². The molecular weight excluding hydrogens is 386 g/mol. The second kappa shape index (κ2) is 7.80. The molecule has 0 atom stereocenters. The molecule has 0 fully saturated rings. The number of hydrogen-bond donors (Lipinski definition) is 0. The van der Waals surface area contributed by atoms with Crippen LogP contribution in [-0.2, 0) is 13.2 Å². The maximum atomic E-state index is 13.0. The average molecular weight is 409 g/mol. The van der Waals surface area contributed by atoms with E-state index in [1.165, 1.54) is 0 Å². The number of aromatic nitrogens is 1. The fourth-order valence-corrected chi connectivity index (χ4v) is 4.05. The maximum Gasteiger partial charge on any atom is 0.231 e. The smallest absolute Gasteiger partial charge is 0.231 e. The lowest BCUT2D eigenvalue weighted by atomic mass is 10.1. The number of rotatable bonds is 5. The number of hydrogen-bond acceptors (Lipinski definition) is 3. The van der Waals surface area contributed by atoms with Gasteiger partial charge < -0.3 is 14.0 Å². The van der Waals surface area contributed by atoms with Crippen LogP contribution in [0.5, 0.6) is 11.5 Å². The summed E-state index contributed by atoms with van der Waals surface area (Å²) in [5.74, 6) is 1.55. The summed E-state index contributed by atoms with van der Waals surface area (Å²) in [5.41, 5.74) is 4.63. The van der Waals surface area contributed by atoms with Crippen molar-refractivity contribution in [2.45, 2.75) is 27.0 Å². The van der Waals surface area contributed by atoms with Crippen molar-refractivity contribution < 1.29 is 14.3 Å². The van der Waals surface area contributed by atoms with Crippen molar-refractivity contribution in [3.8, 4) is 11.5 Å². The molecule has 0 saturated heterocycles. The topological polar surface area (TPSA) is 40.5 Å². The molecule has 0 spiro atoms. The number of carbonyl (C=O) groups is 1. The number of fused-ring (bicyclic) bond motifs is 2. The van der Waals surface area contributed by atoms with Crippen LogP contribution in [0.3, 0.4) is 0 Å². The van der Waals surface area contributed by atoms with E-state index in [-0.39, 0.29) is 5.78 Å². The summed E-state index contributed by atoms with van der Waals surface area (Å²) in [5, 5.41) is 1.10. The number of allylic oxidation sites excluding steroid dienone is 1. The number of ketones is 1. The second-order valence-corrected chi connectivity index (χ2v) is 7.67. The van der Waals surface area contributed by atoms with Gasteiger partial charge in [-0.05, 0) is 43.7 Å². The highest BCUT2D eigenvalue weighted by molar-refractivity contribution is 6.15. The summed E-state index contributed by atoms with van der Waals surface area (Å²) >= 11 is 0. The number of carbonyl (C=O) groups excluding carboxylic acids is 1. The van der Waals surface area contributed by atoms with Gasteiger partial charge in [0.2, 0.25) is 5.78 Å². The number of nitrogens with zero attached hydrogens (tertiary/aromatic N) is 1. The second-order valence-electron chi connectivity index (χ2n) is 7.67. The first-order valence-electron chi connectivity index (χ1n) is 10.5. The number of aryl methyl sites for hydroxylation is 1. The van der Waals surface area contributed by atoms with Crippen molar-refractivity contribution in [2.75, 3.05) is 0 Å². The van der Waals surface area contributed by atoms with E-state index in [0.29, 0.717) is 23.7 Å².